The number of amides is 2. The number of nitriles is 1. The number of carbonyl (C=O) groups is 2. The summed E-state index contributed by atoms with van der Waals surface area (Å²) in [6, 6.07) is 4.72. The number of hydrogen-bond acceptors (Lipinski definition) is 4. The highest BCUT2D eigenvalue weighted by molar-refractivity contribution is 7.80. The molecule has 1 heterocycles. The summed E-state index contributed by atoms with van der Waals surface area (Å²) in [6.45, 7) is 0. The molecule has 2 N–H and O–H groups in total. The number of nitrogens with two attached hydrogens (primary N) is 1. The second-order valence-corrected chi connectivity index (χ2v) is 8.47. The molecule has 0 aromatic heterocycles. The summed E-state index contributed by atoms with van der Waals surface area (Å²) in [5.41, 5.74) is 4.36. The van der Waals surface area contributed by atoms with Gasteiger partial charge in [-0.2, -0.15) is 18.4 Å². The fourth-order valence-electron chi connectivity index (χ4n) is 4.48. The van der Waals surface area contributed by atoms with E-state index in [1.807, 2.05) is 0 Å². The predicted molar refractivity (Wildman–Crippen MR) is 114 cm³/mol. The fourth-order valence-corrected chi connectivity index (χ4v) is 4.96. The fraction of sp³-hybridized carbons (Fsp3) is 0.364. The summed E-state index contributed by atoms with van der Waals surface area (Å²) >= 11 is 5.60. The first-order valence-electron chi connectivity index (χ1n) is 10.1. The zero-order chi connectivity index (χ0) is 23.3. The molecule has 2 fully saturated rings. The summed E-state index contributed by atoms with van der Waals surface area (Å²) in [5.74, 6) is -0.790. The first-order valence-corrected chi connectivity index (χ1v) is 10.5. The van der Waals surface area contributed by atoms with Gasteiger partial charge < -0.3 is 10.6 Å². The van der Waals surface area contributed by atoms with Crippen LogP contribution in [0.15, 0.2) is 41.6 Å². The molecule has 3 aliphatic rings. The Kier molecular flexibility index (Phi) is 5.33. The molecule has 0 atom stereocenters. The molecular weight excluding hydrogens is 441 g/mol. The van der Waals surface area contributed by atoms with Crippen LogP contribution in [0.4, 0.5) is 18.9 Å². The standard InChI is InChI=1S/C22H19F3N4O2S/c23-22(24,25)17-11-16(7-4-14(17)12-26)28-19(31)21(8-1-9-21)29(20(28)32)15-5-2-13(3-6-15)10-18(27)30/h2,4-5,7,11H,1,3,6,8-10H2,(H2,27,30). The van der Waals surface area contributed by atoms with E-state index in [-0.39, 0.29) is 23.1 Å². The summed E-state index contributed by atoms with van der Waals surface area (Å²) in [5, 5.41) is 9.17. The normalized spacial score (nSPS) is 20.1. The lowest BCUT2D eigenvalue weighted by Gasteiger charge is -2.44. The van der Waals surface area contributed by atoms with Crippen molar-refractivity contribution in [2.24, 2.45) is 5.73 Å². The van der Waals surface area contributed by atoms with Crippen molar-refractivity contribution < 1.29 is 22.8 Å². The molecule has 166 valence electrons. The second kappa shape index (κ2) is 7.74. The van der Waals surface area contributed by atoms with Crippen molar-refractivity contribution in [2.75, 3.05) is 4.90 Å². The molecule has 2 aliphatic carbocycles. The van der Waals surface area contributed by atoms with Crippen molar-refractivity contribution in [2.45, 2.75) is 50.2 Å². The van der Waals surface area contributed by atoms with Crippen LogP contribution >= 0.6 is 12.2 Å². The largest absolute Gasteiger partial charge is 0.417 e. The van der Waals surface area contributed by atoms with E-state index in [1.165, 1.54) is 6.07 Å². The lowest BCUT2D eigenvalue weighted by atomic mass is 9.75. The van der Waals surface area contributed by atoms with Gasteiger partial charge in [-0.05, 0) is 68.6 Å². The van der Waals surface area contributed by atoms with Gasteiger partial charge in [-0.1, -0.05) is 11.6 Å². The second-order valence-electron chi connectivity index (χ2n) is 8.11. The number of nitrogens with zero attached hydrogens (tertiary/aromatic N) is 3. The molecular formula is C22H19F3N4O2S. The first kappa shape index (κ1) is 22.0. The van der Waals surface area contributed by atoms with E-state index in [4.69, 9.17) is 23.2 Å². The van der Waals surface area contributed by atoms with Gasteiger partial charge in [0.1, 0.15) is 5.54 Å². The Morgan fingerprint density at radius 1 is 1.25 bits per heavy atom. The van der Waals surface area contributed by atoms with Crippen LogP contribution in [0.1, 0.15) is 49.7 Å². The molecule has 0 radical (unpaired) electrons. The average molecular weight is 460 g/mol. The van der Waals surface area contributed by atoms with E-state index < -0.39 is 28.7 Å². The number of hydrogen-bond donors (Lipinski definition) is 1. The van der Waals surface area contributed by atoms with Gasteiger partial charge >= 0.3 is 6.18 Å². The van der Waals surface area contributed by atoms with Crippen molar-refractivity contribution in [3.8, 4) is 6.07 Å². The summed E-state index contributed by atoms with van der Waals surface area (Å²) in [4.78, 5) is 27.5. The maximum atomic E-state index is 13.5. The van der Waals surface area contributed by atoms with Crippen LogP contribution in [0, 0.1) is 11.3 Å². The van der Waals surface area contributed by atoms with Crippen LogP contribution in [-0.4, -0.2) is 27.4 Å². The molecule has 0 bridgehead atoms. The molecule has 32 heavy (non-hydrogen) atoms. The van der Waals surface area contributed by atoms with Gasteiger partial charge in [0.05, 0.1) is 22.9 Å². The Morgan fingerprint density at radius 2 is 1.97 bits per heavy atom. The SMILES string of the molecule is N#Cc1ccc(N2C(=O)C3(CCC3)N(C3=CC=C(CC(N)=O)CC3)C2=S)cc1C(F)(F)F. The molecule has 10 heteroatoms. The van der Waals surface area contributed by atoms with E-state index in [9.17, 15) is 22.8 Å². The highest BCUT2D eigenvalue weighted by Gasteiger charge is 2.60. The predicted octanol–water partition coefficient (Wildman–Crippen LogP) is 3.91. The Bertz CT molecular complexity index is 1130. The third kappa shape index (κ3) is 3.46. The minimum Gasteiger partial charge on any atom is -0.369 e. The molecule has 2 amide bonds. The van der Waals surface area contributed by atoms with Gasteiger partial charge in [0, 0.05) is 12.1 Å². The average Bonchev–Trinajstić information content (AvgIpc) is 2.94. The summed E-state index contributed by atoms with van der Waals surface area (Å²) < 4.78 is 40.4. The number of anilines is 1. The number of thiocarbonyl (C=S) groups is 1. The third-order valence-electron chi connectivity index (χ3n) is 6.18. The van der Waals surface area contributed by atoms with Crippen molar-refractivity contribution >= 4 is 34.8 Å². The minimum absolute atomic E-state index is 0.0125. The number of alkyl halides is 3. The van der Waals surface area contributed by atoms with Crippen LogP contribution < -0.4 is 10.6 Å². The Balaban J connectivity index is 1.73. The zero-order valence-electron chi connectivity index (χ0n) is 16.9. The van der Waals surface area contributed by atoms with E-state index in [1.54, 1.807) is 23.1 Å². The number of carbonyl (C=O) groups excluding carboxylic acids is 2. The Morgan fingerprint density at radius 3 is 2.47 bits per heavy atom. The molecule has 1 aromatic rings. The molecule has 6 nitrogen and oxygen atoms in total. The van der Waals surface area contributed by atoms with E-state index in [0.29, 0.717) is 25.7 Å². The van der Waals surface area contributed by atoms with Crippen molar-refractivity contribution in [3.63, 3.8) is 0 Å². The lowest BCUT2D eigenvalue weighted by Crippen LogP contribution is -2.54. The van der Waals surface area contributed by atoms with Gasteiger partial charge in [-0.25, -0.2) is 0 Å². The highest BCUT2D eigenvalue weighted by Crippen LogP contribution is 2.49. The smallest absolute Gasteiger partial charge is 0.369 e. The van der Waals surface area contributed by atoms with Crippen LogP contribution in [0.2, 0.25) is 0 Å². The van der Waals surface area contributed by atoms with Crippen molar-refractivity contribution in [1.29, 1.82) is 5.26 Å². The van der Waals surface area contributed by atoms with Gasteiger partial charge in [-0.3, -0.25) is 14.5 Å². The third-order valence-corrected chi connectivity index (χ3v) is 6.55. The van der Waals surface area contributed by atoms with Crippen LogP contribution in [0.25, 0.3) is 0 Å². The zero-order valence-corrected chi connectivity index (χ0v) is 17.7. The number of halogens is 3. The van der Waals surface area contributed by atoms with Gasteiger partial charge in [-0.15, -0.1) is 0 Å². The van der Waals surface area contributed by atoms with Gasteiger partial charge in [0.25, 0.3) is 5.91 Å². The molecule has 1 saturated heterocycles. The first-order chi connectivity index (χ1) is 15.1. The molecule has 0 unspecified atom stereocenters. The highest BCUT2D eigenvalue weighted by atomic mass is 32.1. The van der Waals surface area contributed by atoms with Crippen LogP contribution in [0.5, 0.6) is 0 Å². The van der Waals surface area contributed by atoms with Gasteiger partial charge in [0.2, 0.25) is 5.91 Å². The Hall–Kier alpha value is -3.19. The Labute approximate surface area is 187 Å². The maximum absolute atomic E-state index is 13.5. The minimum atomic E-state index is -4.74. The number of rotatable bonds is 4. The van der Waals surface area contributed by atoms with E-state index >= 15 is 0 Å². The van der Waals surface area contributed by atoms with Crippen LogP contribution in [0.3, 0.4) is 0 Å². The van der Waals surface area contributed by atoms with Crippen molar-refractivity contribution in [3.05, 3.63) is 52.7 Å². The lowest BCUT2D eigenvalue weighted by molar-refractivity contribution is -0.137. The topological polar surface area (TPSA) is 90.4 Å². The van der Waals surface area contributed by atoms with Crippen molar-refractivity contribution in [1.82, 2.24) is 4.90 Å². The monoisotopic (exact) mass is 460 g/mol. The summed E-state index contributed by atoms with van der Waals surface area (Å²) in [6.07, 6.45) is 1.98. The quantitative estimate of drug-likeness (QED) is 0.688. The summed E-state index contributed by atoms with van der Waals surface area (Å²) in [7, 11) is 0. The molecule has 1 aliphatic heterocycles. The van der Waals surface area contributed by atoms with Gasteiger partial charge in [0.15, 0.2) is 5.11 Å². The number of allylic oxidation sites excluding steroid dienone is 3. The van der Waals surface area contributed by atoms with Crippen LogP contribution in [-0.2, 0) is 15.8 Å². The maximum Gasteiger partial charge on any atom is 0.417 e. The molecule has 1 aromatic carbocycles. The molecule has 1 saturated carbocycles. The number of primary amides is 1. The number of benzene rings is 1. The van der Waals surface area contributed by atoms with E-state index in [2.05, 4.69) is 0 Å². The molecule has 4 rings (SSSR count). The molecule has 1 spiro atoms. The van der Waals surface area contributed by atoms with E-state index in [0.717, 1.165) is 34.7 Å².